The topological polar surface area (TPSA) is 59.0 Å². The lowest BCUT2D eigenvalue weighted by molar-refractivity contribution is -0.143. The maximum atomic E-state index is 12.9. The molecule has 0 spiro atoms. The molecule has 1 aromatic rings. The number of benzene rings is 1. The second kappa shape index (κ2) is 7.39. The van der Waals surface area contributed by atoms with Gasteiger partial charge >= 0.3 is 5.97 Å². The molecule has 0 N–H and O–H groups in total. The van der Waals surface area contributed by atoms with Crippen molar-refractivity contribution >= 4 is 28.8 Å². The van der Waals surface area contributed by atoms with Crippen LogP contribution < -0.4 is 0 Å². The average Bonchev–Trinajstić information content (AvgIpc) is 2.86. The fourth-order valence-corrected chi connectivity index (χ4v) is 4.45. The van der Waals surface area contributed by atoms with Crippen molar-refractivity contribution in [2.45, 2.75) is 71.3 Å². The summed E-state index contributed by atoms with van der Waals surface area (Å²) in [5.74, 6) is -0.450. The van der Waals surface area contributed by atoms with E-state index in [1.54, 1.807) is 4.90 Å². The Bertz CT molecular complexity index is 863. The van der Waals surface area contributed by atoms with Crippen LogP contribution in [-0.4, -0.2) is 33.3 Å². The molecule has 1 aromatic carbocycles. The van der Waals surface area contributed by atoms with Crippen LogP contribution in [0.5, 0.6) is 0 Å². The van der Waals surface area contributed by atoms with E-state index in [0.29, 0.717) is 16.4 Å². The number of thioether (sulfide) groups is 1. The SMILES string of the molecule is CC1=C(C(=O)OC(C)C)[C@@H](c2ccc(C(C)(C)C)cc2)N2C(=O)[C@@H](C)SC2=N1. The van der Waals surface area contributed by atoms with Gasteiger partial charge in [0, 0.05) is 0 Å². The molecule has 6 heteroatoms. The van der Waals surface area contributed by atoms with Gasteiger partial charge in [-0.3, -0.25) is 9.69 Å². The van der Waals surface area contributed by atoms with Crippen molar-refractivity contribution < 1.29 is 14.3 Å². The number of rotatable bonds is 3. The molecule has 28 heavy (non-hydrogen) atoms. The summed E-state index contributed by atoms with van der Waals surface area (Å²) < 4.78 is 5.49. The van der Waals surface area contributed by atoms with Gasteiger partial charge in [0.1, 0.15) is 0 Å². The van der Waals surface area contributed by atoms with Crippen LogP contribution in [0.3, 0.4) is 0 Å². The van der Waals surface area contributed by atoms with Gasteiger partial charge in [-0.25, -0.2) is 9.79 Å². The van der Waals surface area contributed by atoms with Crippen molar-refractivity contribution in [1.29, 1.82) is 0 Å². The van der Waals surface area contributed by atoms with Gasteiger partial charge in [-0.05, 0) is 44.2 Å². The molecule has 0 aromatic heterocycles. The highest BCUT2D eigenvalue weighted by molar-refractivity contribution is 8.15. The quantitative estimate of drug-likeness (QED) is 0.697. The minimum absolute atomic E-state index is 0.0245. The van der Waals surface area contributed by atoms with Gasteiger partial charge in [0.2, 0.25) is 5.91 Å². The first kappa shape index (κ1) is 20.6. The highest BCUT2D eigenvalue weighted by Crippen LogP contribution is 2.43. The molecule has 2 aliphatic rings. The van der Waals surface area contributed by atoms with E-state index in [0.717, 1.165) is 5.56 Å². The van der Waals surface area contributed by atoms with Crippen LogP contribution in [0.25, 0.3) is 0 Å². The number of hydrogen-bond donors (Lipinski definition) is 0. The Morgan fingerprint density at radius 3 is 2.36 bits per heavy atom. The molecule has 0 unspecified atom stereocenters. The molecule has 0 aliphatic carbocycles. The smallest absolute Gasteiger partial charge is 0.338 e. The Hall–Kier alpha value is -2.08. The summed E-state index contributed by atoms with van der Waals surface area (Å²) in [6, 6.07) is 7.63. The lowest BCUT2D eigenvalue weighted by Gasteiger charge is -2.33. The van der Waals surface area contributed by atoms with E-state index in [-0.39, 0.29) is 22.7 Å². The third kappa shape index (κ3) is 3.75. The molecule has 2 aliphatic heterocycles. The highest BCUT2D eigenvalue weighted by Gasteiger charge is 2.46. The summed E-state index contributed by atoms with van der Waals surface area (Å²) in [6.45, 7) is 13.8. The molecule has 1 fully saturated rings. The van der Waals surface area contributed by atoms with E-state index >= 15 is 0 Å². The summed E-state index contributed by atoms with van der Waals surface area (Å²) in [7, 11) is 0. The van der Waals surface area contributed by atoms with Crippen LogP contribution in [-0.2, 0) is 19.7 Å². The number of hydrogen-bond acceptors (Lipinski definition) is 5. The zero-order valence-electron chi connectivity index (χ0n) is 17.6. The highest BCUT2D eigenvalue weighted by atomic mass is 32.2. The van der Waals surface area contributed by atoms with E-state index in [1.807, 2.05) is 39.8 Å². The van der Waals surface area contributed by atoms with Crippen molar-refractivity contribution in [1.82, 2.24) is 4.90 Å². The first-order chi connectivity index (χ1) is 13.0. The third-order valence-electron chi connectivity index (χ3n) is 4.91. The second-order valence-corrected chi connectivity index (χ2v) is 9.90. The summed E-state index contributed by atoms with van der Waals surface area (Å²) >= 11 is 1.43. The molecule has 150 valence electrons. The maximum Gasteiger partial charge on any atom is 0.338 e. The van der Waals surface area contributed by atoms with Crippen molar-refractivity contribution in [2.75, 3.05) is 0 Å². The van der Waals surface area contributed by atoms with Crippen molar-refractivity contribution in [3.63, 3.8) is 0 Å². The van der Waals surface area contributed by atoms with Crippen molar-refractivity contribution in [3.05, 3.63) is 46.7 Å². The lowest BCUT2D eigenvalue weighted by atomic mass is 9.85. The number of fused-ring (bicyclic) bond motifs is 1. The molecular weight excluding hydrogens is 372 g/mol. The van der Waals surface area contributed by atoms with Crippen LogP contribution in [0.15, 0.2) is 40.5 Å². The monoisotopic (exact) mass is 400 g/mol. The molecular formula is C22H28N2O3S. The fraction of sp³-hybridized carbons (Fsp3) is 0.500. The normalized spacial score (nSPS) is 22.5. The van der Waals surface area contributed by atoms with Crippen LogP contribution in [0.4, 0.5) is 0 Å². The van der Waals surface area contributed by atoms with Crippen LogP contribution in [0.1, 0.15) is 65.6 Å². The molecule has 0 bridgehead atoms. The Morgan fingerprint density at radius 1 is 1.21 bits per heavy atom. The van der Waals surface area contributed by atoms with Gasteiger partial charge in [0.25, 0.3) is 0 Å². The fourth-order valence-electron chi connectivity index (χ4n) is 3.42. The van der Waals surface area contributed by atoms with Gasteiger partial charge in [0.05, 0.1) is 28.7 Å². The molecule has 1 saturated heterocycles. The predicted molar refractivity (Wildman–Crippen MR) is 113 cm³/mol. The Labute approximate surface area is 171 Å². The number of carbonyl (C=O) groups is 2. The second-order valence-electron chi connectivity index (χ2n) is 8.59. The molecule has 0 saturated carbocycles. The van der Waals surface area contributed by atoms with Gasteiger partial charge in [-0.2, -0.15) is 0 Å². The number of amidine groups is 1. The largest absolute Gasteiger partial charge is 0.459 e. The number of carbonyl (C=O) groups excluding carboxylic acids is 2. The van der Waals surface area contributed by atoms with Crippen LogP contribution in [0, 0.1) is 0 Å². The van der Waals surface area contributed by atoms with E-state index in [1.165, 1.54) is 17.3 Å². The van der Waals surface area contributed by atoms with E-state index in [2.05, 4.69) is 37.9 Å². The van der Waals surface area contributed by atoms with E-state index in [4.69, 9.17) is 4.74 Å². The standard InChI is InChI=1S/C22H28N2O3S/c1-12(2)27-20(26)17-13(3)23-21-24(19(25)14(4)28-21)18(17)15-8-10-16(11-9-15)22(5,6)7/h8-12,14,18H,1-7H3/t14-,18-/m1/s1. The summed E-state index contributed by atoms with van der Waals surface area (Å²) in [4.78, 5) is 32.0. The molecule has 0 radical (unpaired) electrons. The first-order valence-electron chi connectivity index (χ1n) is 9.61. The molecule has 3 rings (SSSR count). The summed E-state index contributed by atoms with van der Waals surface area (Å²) in [5, 5.41) is 0.435. The number of nitrogens with zero attached hydrogens (tertiary/aromatic N) is 2. The Kier molecular flexibility index (Phi) is 5.45. The molecule has 2 heterocycles. The van der Waals surface area contributed by atoms with Crippen molar-refractivity contribution in [3.8, 4) is 0 Å². The zero-order chi connectivity index (χ0) is 20.8. The van der Waals surface area contributed by atoms with Gasteiger partial charge < -0.3 is 4.74 Å². The lowest BCUT2D eigenvalue weighted by Crippen LogP contribution is -2.40. The minimum atomic E-state index is -0.516. The average molecular weight is 401 g/mol. The van der Waals surface area contributed by atoms with Crippen LogP contribution in [0.2, 0.25) is 0 Å². The first-order valence-corrected chi connectivity index (χ1v) is 10.5. The summed E-state index contributed by atoms with van der Waals surface area (Å²) in [6.07, 6.45) is -0.246. The molecule has 2 atom stereocenters. The van der Waals surface area contributed by atoms with Crippen LogP contribution >= 0.6 is 11.8 Å². The van der Waals surface area contributed by atoms with Crippen molar-refractivity contribution in [2.24, 2.45) is 4.99 Å². The molecule has 5 nitrogen and oxygen atoms in total. The molecule has 1 amide bonds. The Balaban J connectivity index is 2.10. The van der Waals surface area contributed by atoms with E-state index in [9.17, 15) is 9.59 Å². The zero-order valence-corrected chi connectivity index (χ0v) is 18.4. The summed E-state index contributed by atoms with van der Waals surface area (Å²) in [5.41, 5.74) is 3.15. The number of amides is 1. The number of allylic oxidation sites excluding steroid dienone is 1. The maximum absolute atomic E-state index is 12.9. The minimum Gasteiger partial charge on any atom is -0.459 e. The number of ether oxygens (including phenoxy) is 1. The number of esters is 1. The van der Waals surface area contributed by atoms with E-state index < -0.39 is 12.0 Å². The number of aliphatic imine (C=N–C) groups is 1. The van der Waals surface area contributed by atoms with Gasteiger partial charge in [-0.1, -0.05) is 56.8 Å². The van der Waals surface area contributed by atoms with Gasteiger partial charge in [-0.15, -0.1) is 0 Å². The van der Waals surface area contributed by atoms with Gasteiger partial charge in [0.15, 0.2) is 5.17 Å². The third-order valence-corrected chi connectivity index (χ3v) is 5.97. The Morgan fingerprint density at radius 2 is 1.82 bits per heavy atom. The predicted octanol–water partition coefficient (Wildman–Crippen LogP) is 4.58.